The van der Waals surface area contributed by atoms with E-state index in [4.69, 9.17) is 4.74 Å². The van der Waals surface area contributed by atoms with Crippen LogP contribution in [0.1, 0.15) is 81.5 Å². The fraction of sp³-hybridized carbons (Fsp3) is 0.632. The summed E-state index contributed by atoms with van der Waals surface area (Å²) >= 11 is 0. The molecular weight excluding hydrogens is 372 g/mol. The molecule has 0 aliphatic rings. The van der Waals surface area contributed by atoms with E-state index in [2.05, 4.69) is 6.92 Å². The van der Waals surface area contributed by atoms with Crippen molar-refractivity contribution in [1.82, 2.24) is 0 Å². The minimum atomic E-state index is -0.436. The number of para-hydroxylation sites is 1. The van der Waals surface area contributed by atoms with E-state index in [9.17, 15) is 9.90 Å². The van der Waals surface area contributed by atoms with Crippen LogP contribution in [0.3, 0.4) is 0 Å². The van der Waals surface area contributed by atoms with Crippen molar-refractivity contribution in [2.45, 2.75) is 71.1 Å². The van der Waals surface area contributed by atoms with Crippen LogP contribution in [0.15, 0.2) is 24.3 Å². The van der Waals surface area contributed by atoms with Gasteiger partial charge in [0.1, 0.15) is 11.3 Å². The maximum Gasteiger partial charge on any atom is 0.341 e. The van der Waals surface area contributed by atoms with E-state index in [1.807, 2.05) is 0 Å². The monoisotopic (exact) mass is 404 g/mol. The summed E-state index contributed by atoms with van der Waals surface area (Å²) in [6, 6.07) is 6.48. The molecule has 1 aromatic carbocycles. The number of esters is 1. The Kier molecular flexibility index (Phi) is 14.2. The van der Waals surface area contributed by atoms with Crippen molar-refractivity contribution < 1.29 is 35.7 Å². The van der Waals surface area contributed by atoms with E-state index in [1.165, 1.54) is 57.4 Å². The third-order valence-electron chi connectivity index (χ3n) is 3.86. The summed E-state index contributed by atoms with van der Waals surface area (Å²) in [4.78, 5) is 11.7. The Hall–Kier alpha value is -0.822. The molecule has 0 fully saturated rings. The van der Waals surface area contributed by atoms with Crippen LogP contribution in [-0.2, 0) is 25.8 Å². The molecule has 1 N–H and O–H groups in total. The number of unbranched alkanes of at least 4 members (excludes halogenated alkanes) is 9. The smallest absolute Gasteiger partial charge is 0.341 e. The number of carbonyl (C=O) groups is 1. The molecule has 0 amide bonds. The standard InChI is InChI=1S/C19H30O3.Mo/c1-2-3-4-5-6-7-8-9-10-13-16-22-19(21)17-14-11-12-15-18(17)20;/h11-12,14-15,20H,2-10,13,16H2,1H3;. The van der Waals surface area contributed by atoms with E-state index in [-0.39, 0.29) is 32.4 Å². The van der Waals surface area contributed by atoms with Gasteiger partial charge in [-0.05, 0) is 18.6 Å². The van der Waals surface area contributed by atoms with Crippen molar-refractivity contribution >= 4 is 5.97 Å². The van der Waals surface area contributed by atoms with Gasteiger partial charge in [0.2, 0.25) is 0 Å². The molecule has 0 aliphatic heterocycles. The Bertz CT molecular complexity index is 421. The van der Waals surface area contributed by atoms with Crippen LogP contribution in [0, 0.1) is 0 Å². The number of phenolic OH excluding ortho intramolecular Hbond substituents is 1. The van der Waals surface area contributed by atoms with E-state index in [1.54, 1.807) is 18.2 Å². The number of phenols is 1. The van der Waals surface area contributed by atoms with Gasteiger partial charge >= 0.3 is 5.97 Å². The molecule has 0 saturated heterocycles. The van der Waals surface area contributed by atoms with E-state index >= 15 is 0 Å². The molecular formula is C19H30MoO3. The van der Waals surface area contributed by atoms with Gasteiger partial charge in [-0.25, -0.2) is 4.79 Å². The zero-order chi connectivity index (χ0) is 16.0. The first-order valence-corrected chi connectivity index (χ1v) is 8.70. The summed E-state index contributed by atoms with van der Waals surface area (Å²) in [7, 11) is 0. The Morgan fingerprint density at radius 2 is 1.43 bits per heavy atom. The number of rotatable bonds is 12. The van der Waals surface area contributed by atoms with Crippen molar-refractivity contribution in [3.05, 3.63) is 29.8 Å². The van der Waals surface area contributed by atoms with Crippen LogP contribution in [-0.4, -0.2) is 17.7 Å². The van der Waals surface area contributed by atoms with Crippen LogP contribution in [0.5, 0.6) is 5.75 Å². The predicted octanol–water partition coefficient (Wildman–Crippen LogP) is 5.47. The average Bonchev–Trinajstić information content (AvgIpc) is 2.53. The number of hydrogen-bond acceptors (Lipinski definition) is 3. The maximum atomic E-state index is 11.7. The Labute approximate surface area is 155 Å². The van der Waals surface area contributed by atoms with Crippen molar-refractivity contribution in [3.8, 4) is 5.75 Å². The molecule has 23 heavy (non-hydrogen) atoms. The molecule has 0 atom stereocenters. The van der Waals surface area contributed by atoms with Crippen molar-refractivity contribution in [1.29, 1.82) is 0 Å². The van der Waals surface area contributed by atoms with Gasteiger partial charge in [0.25, 0.3) is 0 Å². The van der Waals surface area contributed by atoms with Gasteiger partial charge in [-0.1, -0.05) is 76.8 Å². The Morgan fingerprint density at radius 3 is 2.00 bits per heavy atom. The zero-order valence-electron chi connectivity index (χ0n) is 14.3. The van der Waals surface area contributed by atoms with Gasteiger partial charge in [0.05, 0.1) is 6.61 Å². The van der Waals surface area contributed by atoms with Gasteiger partial charge in [-0.3, -0.25) is 0 Å². The molecule has 0 spiro atoms. The molecule has 0 saturated carbocycles. The largest absolute Gasteiger partial charge is 0.507 e. The first-order chi connectivity index (χ1) is 10.8. The summed E-state index contributed by atoms with van der Waals surface area (Å²) in [6.07, 6.45) is 12.6. The van der Waals surface area contributed by atoms with Gasteiger partial charge in [-0.2, -0.15) is 0 Å². The SMILES string of the molecule is CCCCCCCCCCCCOC(=O)c1ccccc1O.[Mo]. The molecule has 1 rings (SSSR count). The van der Waals surface area contributed by atoms with E-state index in [0.29, 0.717) is 6.61 Å². The normalized spacial score (nSPS) is 10.1. The van der Waals surface area contributed by atoms with Crippen molar-refractivity contribution in [2.24, 2.45) is 0 Å². The zero-order valence-corrected chi connectivity index (χ0v) is 16.3. The molecule has 0 radical (unpaired) electrons. The van der Waals surface area contributed by atoms with Crippen molar-refractivity contribution in [3.63, 3.8) is 0 Å². The summed E-state index contributed by atoms with van der Waals surface area (Å²) in [5.41, 5.74) is 0.245. The van der Waals surface area contributed by atoms with E-state index < -0.39 is 5.97 Å². The van der Waals surface area contributed by atoms with Crippen LogP contribution in [0.2, 0.25) is 0 Å². The molecule has 0 aromatic heterocycles. The number of benzene rings is 1. The molecule has 130 valence electrons. The third-order valence-corrected chi connectivity index (χ3v) is 3.86. The second-order valence-electron chi connectivity index (χ2n) is 5.84. The van der Waals surface area contributed by atoms with Crippen molar-refractivity contribution in [2.75, 3.05) is 6.61 Å². The third kappa shape index (κ3) is 10.5. The quantitative estimate of drug-likeness (QED) is 0.287. The van der Waals surface area contributed by atoms with Gasteiger partial charge < -0.3 is 9.84 Å². The van der Waals surface area contributed by atoms with Crippen LogP contribution >= 0.6 is 0 Å². The molecule has 0 aliphatic carbocycles. The molecule has 0 unspecified atom stereocenters. The minimum absolute atomic E-state index is 0. The Morgan fingerprint density at radius 1 is 0.913 bits per heavy atom. The molecule has 1 aromatic rings. The molecule has 0 bridgehead atoms. The van der Waals surface area contributed by atoms with Gasteiger partial charge in [0, 0.05) is 21.1 Å². The number of aromatic hydroxyl groups is 1. The van der Waals surface area contributed by atoms with Crippen LogP contribution in [0.25, 0.3) is 0 Å². The van der Waals surface area contributed by atoms with Gasteiger partial charge in [-0.15, -0.1) is 0 Å². The fourth-order valence-electron chi connectivity index (χ4n) is 2.48. The first kappa shape index (κ1) is 22.2. The van der Waals surface area contributed by atoms with Crippen LogP contribution in [0.4, 0.5) is 0 Å². The fourth-order valence-corrected chi connectivity index (χ4v) is 2.48. The number of hydrogen-bond donors (Lipinski definition) is 1. The summed E-state index contributed by atoms with van der Waals surface area (Å²) in [5.74, 6) is -0.454. The maximum absolute atomic E-state index is 11.7. The second-order valence-corrected chi connectivity index (χ2v) is 5.84. The van der Waals surface area contributed by atoms with Crippen LogP contribution < -0.4 is 0 Å². The summed E-state index contributed by atoms with van der Waals surface area (Å²) in [6.45, 7) is 2.68. The Balaban J connectivity index is 0.00000484. The van der Waals surface area contributed by atoms with Gasteiger partial charge in [0.15, 0.2) is 0 Å². The second kappa shape index (κ2) is 14.8. The molecule has 4 heteroatoms. The average molecular weight is 402 g/mol. The predicted molar refractivity (Wildman–Crippen MR) is 90.2 cm³/mol. The molecule has 0 heterocycles. The first-order valence-electron chi connectivity index (χ1n) is 8.70. The molecule has 3 nitrogen and oxygen atoms in total. The number of carbonyl (C=O) groups excluding carboxylic acids is 1. The topological polar surface area (TPSA) is 46.5 Å². The summed E-state index contributed by atoms with van der Waals surface area (Å²) < 4.78 is 5.18. The minimum Gasteiger partial charge on any atom is -0.507 e. The number of ether oxygens (including phenoxy) is 1. The van der Waals surface area contributed by atoms with E-state index in [0.717, 1.165) is 12.8 Å². The summed E-state index contributed by atoms with van der Waals surface area (Å²) in [5, 5.41) is 9.56.